The van der Waals surface area contributed by atoms with Crippen molar-refractivity contribution in [3.8, 4) is 33.8 Å². The first-order valence-corrected chi connectivity index (χ1v) is 16.8. The van der Waals surface area contributed by atoms with Gasteiger partial charge < -0.3 is 14.6 Å². The van der Waals surface area contributed by atoms with Gasteiger partial charge in [0.25, 0.3) is 0 Å². The Kier molecular flexibility index (Phi) is 7.37. The van der Waals surface area contributed by atoms with Gasteiger partial charge in [-0.2, -0.15) is 0 Å². The van der Waals surface area contributed by atoms with Crippen LogP contribution in [-0.4, -0.2) is 22.6 Å². The van der Waals surface area contributed by atoms with E-state index in [-0.39, 0.29) is 11.5 Å². The Morgan fingerprint density at radius 2 is 0.686 bits per heavy atom. The highest BCUT2D eigenvalue weighted by molar-refractivity contribution is 6.13. The first-order chi connectivity index (χ1) is 25.1. The number of hydrogen-bond donors (Lipinski definition) is 2. The number of rotatable bonds is 6. The predicted octanol–water partition coefficient (Wildman–Crippen LogP) is 12.1. The predicted molar refractivity (Wildman–Crippen MR) is 210 cm³/mol. The summed E-state index contributed by atoms with van der Waals surface area (Å²) < 4.78 is 6.18. The molecule has 9 aromatic rings. The maximum Gasteiger partial charge on any atom is 0.145 e. The Labute approximate surface area is 293 Å². The molecule has 0 spiro atoms. The van der Waals surface area contributed by atoms with E-state index in [0.29, 0.717) is 22.9 Å². The van der Waals surface area contributed by atoms with Crippen LogP contribution in [0.2, 0.25) is 0 Å². The Bertz CT molecular complexity index is 2650. The van der Waals surface area contributed by atoms with Gasteiger partial charge in [-0.1, -0.05) is 121 Å². The molecule has 2 N–H and O–H groups in total. The van der Waals surface area contributed by atoms with Crippen molar-refractivity contribution >= 4 is 66.9 Å². The summed E-state index contributed by atoms with van der Waals surface area (Å²) in [5.74, 6) is 1.51. The average Bonchev–Trinajstić information content (AvgIpc) is 3.64. The third-order valence-corrected chi connectivity index (χ3v) is 9.44. The molecule has 0 aliphatic carbocycles. The molecule has 8 aromatic carbocycles. The van der Waals surface area contributed by atoms with Crippen LogP contribution in [0.1, 0.15) is 11.5 Å². The molecule has 51 heavy (non-hydrogen) atoms. The van der Waals surface area contributed by atoms with Gasteiger partial charge in [0, 0.05) is 22.3 Å². The number of furan rings is 1. The van der Waals surface area contributed by atoms with E-state index < -0.39 is 0 Å². The number of aliphatic imine (C=N–C) groups is 2. The maximum absolute atomic E-state index is 11.2. The molecule has 5 heteroatoms. The second kappa shape index (κ2) is 12.5. The quantitative estimate of drug-likeness (QED) is 0.175. The summed E-state index contributed by atoms with van der Waals surface area (Å²) in [6, 6.07) is 51.5. The minimum Gasteiger partial charge on any atom is -0.507 e. The highest BCUT2D eigenvalue weighted by Gasteiger charge is 2.18. The van der Waals surface area contributed by atoms with Gasteiger partial charge in [-0.15, -0.1) is 0 Å². The minimum absolute atomic E-state index is 0.197. The fraction of sp³-hybridized carbons (Fsp3) is 0. The van der Waals surface area contributed by atoms with E-state index in [4.69, 9.17) is 14.4 Å². The highest BCUT2D eigenvalue weighted by Crippen LogP contribution is 2.46. The second-order valence-corrected chi connectivity index (χ2v) is 12.5. The van der Waals surface area contributed by atoms with E-state index in [9.17, 15) is 10.2 Å². The molecule has 0 saturated heterocycles. The zero-order chi connectivity index (χ0) is 34.3. The SMILES string of the molecule is Oc1ccc2ccccc2c1-c1c(N=Cc2ccc(C=Nc3ccc4ccccc4c3-c3c(O)ccc4ccccc34)o2)ccc2ccccc12. The Morgan fingerprint density at radius 1 is 0.353 bits per heavy atom. The van der Waals surface area contributed by atoms with Gasteiger partial charge in [-0.05, 0) is 79.5 Å². The van der Waals surface area contributed by atoms with Gasteiger partial charge in [0.2, 0.25) is 0 Å². The van der Waals surface area contributed by atoms with Crippen LogP contribution in [0, 0.1) is 0 Å². The lowest BCUT2D eigenvalue weighted by molar-refractivity contribution is 0.477. The van der Waals surface area contributed by atoms with Crippen molar-refractivity contribution in [2.24, 2.45) is 9.98 Å². The Hall–Kier alpha value is -6.98. The molecule has 9 rings (SSSR count). The molecule has 0 bridgehead atoms. The smallest absolute Gasteiger partial charge is 0.145 e. The zero-order valence-electron chi connectivity index (χ0n) is 27.4. The zero-order valence-corrected chi connectivity index (χ0v) is 27.4. The van der Waals surface area contributed by atoms with Crippen molar-refractivity contribution in [3.63, 3.8) is 0 Å². The molecule has 0 atom stereocenters. The molecule has 0 amide bonds. The number of hydrogen-bond acceptors (Lipinski definition) is 5. The van der Waals surface area contributed by atoms with Crippen LogP contribution in [0.4, 0.5) is 11.4 Å². The lowest BCUT2D eigenvalue weighted by atomic mass is 9.92. The summed E-state index contributed by atoms with van der Waals surface area (Å²) in [5, 5.41) is 30.5. The summed E-state index contributed by atoms with van der Waals surface area (Å²) in [7, 11) is 0. The molecule has 0 radical (unpaired) electrons. The first-order valence-electron chi connectivity index (χ1n) is 16.8. The van der Waals surface area contributed by atoms with Crippen LogP contribution < -0.4 is 0 Å². The van der Waals surface area contributed by atoms with E-state index in [2.05, 4.69) is 24.3 Å². The van der Waals surface area contributed by atoms with Gasteiger partial charge in [0.15, 0.2) is 0 Å². The molecule has 0 aliphatic rings. The van der Waals surface area contributed by atoms with E-state index in [1.54, 1.807) is 24.6 Å². The fourth-order valence-electron chi connectivity index (χ4n) is 7.08. The second-order valence-electron chi connectivity index (χ2n) is 12.5. The summed E-state index contributed by atoms with van der Waals surface area (Å²) in [4.78, 5) is 9.81. The van der Waals surface area contributed by atoms with Crippen LogP contribution in [0.5, 0.6) is 11.5 Å². The van der Waals surface area contributed by atoms with Crippen LogP contribution in [-0.2, 0) is 0 Å². The normalized spacial score (nSPS) is 11.9. The number of fused-ring (bicyclic) bond motifs is 4. The molecule has 1 aromatic heterocycles. The standard InChI is InChI=1S/C46H30N2O3/c49-41-25-19-31-11-3-7-15-37(31)45(41)43-35-13-5-1-9-29(35)17-23-39(43)47-27-33-21-22-34(51-33)28-48-40-24-18-30-10-2-6-14-36(30)44(40)46-38-16-8-4-12-32(38)20-26-42(46)50/h1-28,49-50H. The molecule has 0 aliphatic heterocycles. The molecule has 5 nitrogen and oxygen atoms in total. The van der Waals surface area contributed by atoms with Crippen molar-refractivity contribution in [2.45, 2.75) is 0 Å². The van der Waals surface area contributed by atoms with Gasteiger partial charge >= 0.3 is 0 Å². The molecular formula is C46H30N2O3. The number of phenols is 2. The average molecular weight is 659 g/mol. The Morgan fingerprint density at radius 3 is 1.08 bits per heavy atom. The van der Waals surface area contributed by atoms with Crippen LogP contribution >= 0.6 is 0 Å². The topological polar surface area (TPSA) is 78.3 Å². The highest BCUT2D eigenvalue weighted by atomic mass is 16.3. The van der Waals surface area contributed by atoms with Crippen molar-refractivity contribution in [1.29, 1.82) is 0 Å². The number of aromatic hydroxyl groups is 2. The van der Waals surface area contributed by atoms with Gasteiger partial charge in [-0.25, -0.2) is 0 Å². The molecule has 0 fully saturated rings. The van der Waals surface area contributed by atoms with Gasteiger partial charge in [-0.3, -0.25) is 9.98 Å². The summed E-state index contributed by atoms with van der Waals surface area (Å²) in [5.41, 5.74) is 4.62. The molecule has 0 unspecified atom stereocenters. The molecule has 0 saturated carbocycles. The monoisotopic (exact) mass is 658 g/mol. The van der Waals surface area contributed by atoms with E-state index >= 15 is 0 Å². The third kappa shape index (κ3) is 5.38. The van der Waals surface area contributed by atoms with E-state index in [0.717, 1.165) is 65.3 Å². The Balaban J connectivity index is 1.11. The lowest BCUT2D eigenvalue weighted by Gasteiger charge is -2.15. The fourth-order valence-corrected chi connectivity index (χ4v) is 7.08. The third-order valence-electron chi connectivity index (χ3n) is 9.44. The maximum atomic E-state index is 11.2. The van der Waals surface area contributed by atoms with Crippen molar-refractivity contribution in [2.75, 3.05) is 0 Å². The number of phenolic OH excluding ortho intramolecular Hbond substituents is 2. The number of benzene rings is 8. The van der Waals surface area contributed by atoms with Crippen molar-refractivity contribution in [3.05, 3.63) is 169 Å². The summed E-state index contributed by atoms with van der Waals surface area (Å²) in [6.07, 6.45) is 3.39. The van der Waals surface area contributed by atoms with Crippen LogP contribution in [0.25, 0.3) is 65.3 Å². The number of nitrogens with zero attached hydrogens (tertiary/aromatic N) is 2. The van der Waals surface area contributed by atoms with Gasteiger partial charge in [0.05, 0.1) is 23.8 Å². The summed E-state index contributed by atoms with van der Waals surface area (Å²) in [6.45, 7) is 0. The van der Waals surface area contributed by atoms with Crippen molar-refractivity contribution < 1.29 is 14.6 Å². The molecule has 242 valence electrons. The first kappa shape index (κ1) is 30.1. The van der Waals surface area contributed by atoms with Crippen LogP contribution in [0.15, 0.2) is 172 Å². The van der Waals surface area contributed by atoms with Gasteiger partial charge in [0.1, 0.15) is 23.0 Å². The van der Waals surface area contributed by atoms with Crippen molar-refractivity contribution in [1.82, 2.24) is 0 Å². The molecule has 1 heterocycles. The van der Waals surface area contributed by atoms with Crippen LogP contribution in [0.3, 0.4) is 0 Å². The van der Waals surface area contributed by atoms with E-state index in [1.165, 1.54) is 0 Å². The lowest BCUT2D eigenvalue weighted by Crippen LogP contribution is -1.88. The summed E-state index contributed by atoms with van der Waals surface area (Å²) >= 11 is 0. The van der Waals surface area contributed by atoms with E-state index in [1.807, 2.05) is 121 Å². The minimum atomic E-state index is 0.197. The molecular weight excluding hydrogens is 629 g/mol. The largest absolute Gasteiger partial charge is 0.507 e.